The maximum absolute atomic E-state index is 5.94. The molecule has 0 aromatic heterocycles. The van der Waals surface area contributed by atoms with Crippen LogP contribution in [0.25, 0.3) is 0 Å². The third-order valence-corrected chi connectivity index (χ3v) is 2.06. The molecule has 1 nitrogen and oxygen atoms in total. The van der Waals surface area contributed by atoms with Crippen LogP contribution >= 0.6 is 23.2 Å². The maximum Gasteiger partial charge on any atom is 0.126 e. The minimum Gasteiger partial charge on any atom is -0.276 e. The van der Waals surface area contributed by atoms with Gasteiger partial charge in [-0.1, -0.05) is 31.5 Å². The highest BCUT2D eigenvalue weighted by Gasteiger charge is 2.07. The highest BCUT2D eigenvalue weighted by Crippen LogP contribution is 2.16. The lowest BCUT2D eigenvalue weighted by Crippen LogP contribution is -2.02. The zero-order chi connectivity index (χ0) is 10.4. The minimum absolute atomic E-state index is 0.00394. The first kappa shape index (κ1) is 13.0. The van der Waals surface area contributed by atoms with Gasteiger partial charge < -0.3 is 0 Å². The Morgan fingerprint density at radius 1 is 1.38 bits per heavy atom. The Morgan fingerprint density at radius 2 is 1.92 bits per heavy atom. The molecule has 0 aliphatic heterocycles. The van der Waals surface area contributed by atoms with Crippen molar-refractivity contribution in [2.24, 2.45) is 10.9 Å². The smallest absolute Gasteiger partial charge is 0.126 e. The van der Waals surface area contributed by atoms with Gasteiger partial charge in [-0.2, -0.15) is 0 Å². The van der Waals surface area contributed by atoms with Crippen molar-refractivity contribution >= 4 is 28.4 Å². The van der Waals surface area contributed by atoms with Gasteiger partial charge in [-0.15, -0.1) is 11.6 Å². The van der Waals surface area contributed by atoms with E-state index in [2.05, 4.69) is 18.8 Å². The molecule has 0 aromatic rings. The first-order chi connectivity index (χ1) is 5.97. The molecule has 0 rings (SSSR count). The van der Waals surface area contributed by atoms with Gasteiger partial charge in [-0.05, 0) is 24.8 Å². The fourth-order valence-electron chi connectivity index (χ4n) is 1.08. The lowest BCUT2D eigenvalue weighted by molar-refractivity contribution is 0.653. The van der Waals surface area contributed by atoms with E-state index in [-0.39, 0.29) is 5.38 Å². The summed E-state index contributed by atoms with van der Waals surface area (Å²) in [6, 6.07) is 0. The van der Waals surface area contributed by atoms with Crippen molar-refractivity contribution in [2.45, 2.75) is 32.6 Å². The molecular weight excluding hydrogens is 205 g/mol. The van der Waals surface area contributed by atoms with Gasteiger partial charge in [0.05, 0.1) is 0 Å². The van der Waals surface area contributed by atoms with Gasteiger partial charge >= 0.3 is 0 Å². The van der Waals surface area contributed by atoms with Crippen molar-refractivity contribution in [1.82, 2.24) is 0 Å². The summed E-state index contributed by atoms with van der Waals surface area (Å²) in [5.41, 5.74) is 1.04. The molecule has 0 amide bonds. The van der Waals surface area contributed by atoms with E-state index in [0.29, 0.717) is 11.1 Å². The largest absolute Gasteiger partial charge is 0.276 e. The van der Waals surface area contributed by atoms with Crippen LogP contribution in [0, 0.1) is 5.92 Å². The lowest BCUT2D eigenvalue weighted by atomic mass is 10.0. The normalized spacial score (nSPS) is 16.5. The van der Waals surface area contributed by atoms with E-state index in [1.54, 1.807) is 7.05 Å². The SMILES string of the molecule is CN=C(Cl)/C(=C\C(C)Cl)CC(C)C. The Hall–Kier alpha value is -0.0100. The predicted molar refractivity (Wildman–Crippen MR) is 62.1 cm³/mol. The van der Waals surface area contributed by atoms with Crippen LogP contribution < -0.4 is 0 Å². The fraction of sp³-hybridized carbons (Fsp3) is 0.700. The number of hydrogen-bond acceptors (Lipinski definition) is 1. The van der Waals surface area contributed by atoms with E-state index in [9.17, 15) is 0 Å². The lowest BCUT2D eigenvalue weighted by Gasteiger charge is -2.09. The van der Waals surface area contributed by atoms with Crippen molar-refractivity contribution in [2.75, 3.05) is 7.05 Å². The van der Waals surface area contributed by atoms with E-state index >= 15 is 0 Å². The first-order valence-electron chi connectivity index (χ1n) is 4.44. The summed E-state index contributed by atoms with van der Waals surface area (Å²) in [5.74, 6) is 0.567. The third kappa shape index (κ3) is 6.11. The molecular formula is C10H17Cl2N. The zero-order valence-electron chi connectivity index (χ0n) is 8.64. The number of halogens is 2. The quantitative estimate of drug-likeness (QED) is 0.506. The Morgan fingerprint density at radius 3 is 2.23 bits per heavy atom. The number of hydrogen-bond donors (Lipinski definition) is 0. The van der Waals surface area contributed by atoms with Gasteiger partial charge in [0.15, 0.2) is 0 Å². The van der Waals surface area contributed by atoms with Crippen molar-refractivity contribution < 1.29 is 0 Å². The van der Waals surface area contributed by atoms with E-state index in [0.717, 1.165) is 12.0 Å². The summed E-state index contributed by atoms with van der Waals surface area (Å²) in [4.78, 5) is 3.95. The van der Waals surface area contributed by atoms with Gasteiger partial charge in [0.2, 0.25) is 0 Å². The standard InChI is InChI=1S/C10H17Cl2N/c1-7(2)5-9(6-8(3)11)10(12)13-4/h6-8H,5H2,1-4H3/b9-6-,13-10?. The van der Waals surface area contributed by atoms with Crippen molar-refractivity contribution in [3.05, 3.63) is 11.6 Å². The average Bonchev–Trinajstić information content (AvgIpc) is 2.00. The van der Waals surface area contributed by atoms with Gasteiger partial charge in [-0.25, -0.2) is 0 Å². The van der Waals surface area contributed by atoms with Crippen LogP contribution in [0.2, 0.25) is 0 Å². The highest BCUT2D eigenvalue weighted by molar-refractivity contribution is 6.69. The second-order valence-electron chi connectivity index (χ2n) is 3.48. The van der Waals surface area contributed by atoms with E-state index in [1.165, 1.54) is 0 Å². The second-order valence-corrected chi connectivity index (χ2v) is 4.53. The van der Waals surface area contributed by atoms with Gasteiger partial charge in [0, 0.05) is 12.4 Å². The molecule has 0 saturated carbocycles. The molecule has 13 heavy (non-hydrogen) atoms. The van der Waals surface area contributed by atoms with Crippen molar-refractivity contribution in [1.29, 1.82) is 0 Å². The van der Waals surface area contributed by atoms with Crippen LogP contribution in [0.4, 0.5) is 0 Å². The highest BCUT2D eigenvalue weighted by atomic mass is 35.5. The summed E-state index contributed by atoms with van der Waals surface area (Å²) in [5, 5.41) is 0.574. The van der Waals surface area contributed by atoms with E-state index in [1.807, 2.05) is 13.0 Å². The summed E-state index contributed by atoms with van der Waals surface area (Å²) in [6.07, 6.45) is 2.88. The molecule has 1 atom stereocenters. The molecule has 0 aromatic carbocycles. The molecule has 0 radical (unpaired) electrons. The molecule has 0 spiro atoms. The van der Waals surface area contributed by atoms with Crippen LogP contribution in [0.3, 0.4) is 0 Å². The Bertz CT molecular complexity index is 205. The van der Waals surface area contributed by atoms with Gasteiger partial charge in [-0.3, -0.25) is 4.99 Å². The summed E-state index contributed by atoms with van der Waals surface area (Å²) >= 11 is 11.8. The van der Waals surface area contributed by atoms with E-state index < -0.39 is 0 Å². The predicted octanol–water partition coefficient (Wildman–Crippen LogP) is 3.85. The summed E-state index contributed by atoms with van der Waals surface area (Å²) < 4.78 is 0. The Labute approximate surface area is 90.8 Å². The minimum atomic E-state index is 0.00394. The van der Waals surface area contributed by atoms with Crippen molar-refractivity contribution in [3.8, 4) is 0 Å². The number of alkyl halides is 1. The van der Waals surface area contributed by atoms with Crippen LogP contribution in [0.15, 0.2) is 16.6 Å². The molecule has 0 aliphatic carbocycles. The number of rotatable bonds is 4. The third-order valence-electron chi connectivity index (χ3n) is 1.52. The topological polar surface area (TPSA) is 12.4 Å². The monoisotopic (exact) mass is 221 g/mol. The molecule has 0 bridgehead atoms. The Kier molecular flexibility index (Phi) is 6.44. The summed E-state index contributed by atoms with van der Waals surface area (Å²) in [6.45, 7) is 6.21. The first-order valence-corrected chi connectivity index (χ1v) is 5.26. The molecule has 76 valence electrons. The van der Waals surface area contributed by atoms with Crippen LogP contribution in [-0.2, 0) is 0 Å². The number of aliphatic imine (C=N–C) groups is 1. The van der Waals surface area contributed by atoms with Crippen LogP contribution in [0.5, 0.6) is 0 Å². The molecule has 0 aliphatic rings. The van der Waals surface area contributed by atoms with Gasteiger partial charge in [0.25, 0.3) is 0 Å². The molecule has 1 unspecified atom stereocenters. The van der Waals surface area contributed by atoms with E-state index in [4.69, 9.17) is 23.2 Å². The summed E-state index contributed by atoms with van der Waals surface area (Å²) in [7, 11) is 1.69. The molecule has 0 fully saturated rings. The molecule has 0 heterocycles. The second kappa shape index (κ2) is 6.44. The Balaban J connectivity index is 4.56. The van der Waals surface area contributed by atoms with Crippen molar-refractivity contribution in [3.63, 3.8) is 0 Å². The average molecular weight is 222 g/mol. The van der Waals surface area contributed by atoms with Crippen LogP contribution in [-0.4, -0.2) is 17.6 Å². The van der Waals surface area contributed by atoms with Crippen LogP contribution in [0.1, 0.15) is 27.2 Å². The van der Waals surface area contributed by atoms with Gasteiger partial charge in [0.1, 0.15) is 5.17 Å². The maximum atomic E-state index is 5.94. The fourth-order valence-corrected chi connectivity index (χ4v) is 1.37. The molecule has 3 heteroatoms. The molecule has 0 saturated heterocycles. The number of nitrogens with zero attached hydrogens (tertiary/aromatic N) is 1. The molecule has 0 N–H and O–H groups in total. The zero-order valence-corrected chi connectivity index (χ0v) is 10.2. The number of allylic oxidation sites excluding steroid dienone is 2.